The van der Waals surface area contributed by atoms with Crippen molar-refractivity contribution in [1.82, 2.24) is 10.9 Å². The van der Waals surface area contributed by atoms with Gasteiger partial charge in [-0.15, -0.1) is 0 Å². The van der Waals surface area contributed by atoms with Crippen molar-refractivity contribution in [1.29, 1.82) is 0 Å². The number of fused-ring (bicyclic) bond motifs is 2. The Balaban J connectivity index is 1.36. The number of rotatable bonds is 10. The van der Waals surface area contributed by atoms with Gasteiger partial charge in [0.1, 0.15) is 0 Å². The second-order valence-electron chi connectivity index (χ2n) is 13.6. The van der Waals surface area contributed by atoms with Gasteiger partial charge >= 0.3 is 221 Å². The molecule has 0 saturated heterocycles. The normalized spacial score (nSPS) is 26.4. The second-order valence-corrected chi connectivity index (χ2v) is 14.6. The van der Waals surface area contributed by atoms with Crippen molar-refractivity contribution < 1.29 is 2.69 Å². The molecular weight excluding hydrogens is 683 g/mol. The number of hydrazine groups is 1. The Kier molecular flexibility index (Phi) is 8.93. The summed E-state index contributed by atoms with van der Waals surface area (Å²) in [6, 6.07) is 4.90. The molecule has 1 aromatic rings. The van der Waals surface area contributed by atoms with E-state index in [-0.39, 0.29) is 0 Å². The van der Waals surface area contributed by atoms with Gasteiger partial charge in [0.25, 0.3) is 0 Å². The fourth-order valence-electron chi connectivity index (χ4n) is 9.22. The van der Waals surface area contributed by atoms with Gasteiger partial charge in [0.2, 0.25) is 0 Å². The summed E-state index contributed by atoms with van der Waals surface area (Å²) >= 11 is 0.552. The molecule has 3 saturated carbocycles. The van der Waals surface area contributed by atoms with E-state index in [1.54, 1.807) is 22.3 Å². The fraction of sp³-hybridized carbons (Fsp3) is 0.629. The van der Waals surface area contributed by atoms with Crippen LogP contribution < -0.4 is 10.9 Å². The molecule has 1 aromatic carbocycles. The topological polar surface area (TPSA) is 45.7 Å². The van der Waals surface area contributed by atoms with Crippen LogP contribution in [0.5, 0.6) is 0 Å². The number of hydrogen-bond donors (Lipinski definition) is 2. The quantitative estimate of drug-likeness (QED) is 0.111. The SMILES string of the molecule is C=N/C=C(\NNCCCCC)c1ccc(C2C=CC([O][Tl])=C3CC4(CCCC4)CC32)c2c1CC1(CCCCC1)C2. The Bertz CT molecular complexity index is 1190. The van der Waals surface area contributed by atoms with E-state index in [4.69, 9.17) is 2.69 Å². The van der Waals surface area contributed by atoms with Crippen molar-refractivity contribution in [3.8, 4) is 0 Å². The van der Waals surface area contributed by atoms with Crippen LogP contribution in [0.3, 0.4) is 0 Å². The summed E-state index contributed by atoms with van der Waals surface area (Å²) in [5.74, 6) is 2.32. The third-order valence-electron chi connectivity index (χ3n) is 11.1. The van der Waals surface area contributed by atoms with Crippen LogP contribution in [0.25, 0.3) is 5.70 Å². The van der Waals surface area contributed by atoms with Gasteiger partial charge in [-0.25, -0.2) is 0 Å². The zero-order chi connectivity index (χ0) is 27.6. The summed E-state index contributed by atoms with van der Waals surface area (Å²) < 4.78 is 6.13. The molecule has 0 amide bonds. The number of benzene rings is 1. The molecule has 0 heterocycles. The van der Waals surface area contributed by atoms with E-state index in [9.17, 15) is 0 Å². The van der Waals surface area contributed by atoms with Crippen LogP contribution in [0, 0.1) is 16.7 Å². The molecule has 0 radical (unpaired) electrons. The molecule has 5 heteroatoms. The van der Waals surface area contributed by atoms with E-state index in [0.29, 0.717) is 48.9 Å². The molecule has 0 bridgehead atoms. The summed E-state index contributed by atoms with van der Waals surface area (Å²) in [5.41, 5.74) is 16.9. The van der Waals surface area contributed by atoms with Gasteiger partial charge in [-0.05, 0) is 13.1 Å². The van der Waals surface area contributed by atoms with E-state index in [1.165, 1.54) is 114 Å². The number of hydrogen-bond acceptors (Lipinski definition) is 4. The number of nitrogens with zero attached hydrogens (tertiary/aromatic N) is 1. The van der Waals surface area contributed by atoms with Crippen molar-refractivity contribution in [2.45, 2.75) is 116 Å². The molecule has 4 nitrogen and oxygen atoms in total. The van der Waals surface area contributed by atoms with E-state index >= 15 is 0 Å². The van der Waals surface area contributed by atoms with E-state index in [1.807, 2.05) is 6.20 Å². The maximum atomic E-state index is 6.13. The van der Waals surface area contributed by atoms with E-state index in [2.05, 4.69) is 53.8 Å². The van der Waals surface area contributed by atoms with Crippen molar-refractivity contribution >= 4 is 38.6 Å². The molecule has 2 unspecified atom stereocenters. The first kappa shape index (κ1) is 28.7. The number of aliphatic imine (C=N–C) groups is 1. The zero-order valence-electron chi connectivity index (χ0n) is 24.7. The Morgan fingerprint density at radius 3 is 2.52 bits per heavy atom. The van der Waals surface area contributed by atoms with Crippen molar-refractivity contribution in [3.05, 3.63) is 64.1 Å². The van der Waals surface area contributed by atoms with Crippen molar-refractivity contribution in [2.24, 2.45) is 21.7 Å². The average molecular weight is 731 g/mol. The molecular formula is C35H48N3OTl. The van der Waals surface area contributed by atoms with Gasteiger partial charge in [-0.2, -0.15) is 0 Å². The summed E-state index contributed by atoms with van der Waals surface area (Å²) in [7, 11) is 0. The Labute approximate surface area is 258 Å². The molecule has 212 valence electrons. The third kappa shape index (κ3) is 5.53. The molecule has 3 fully saturated rings. The van der Waals surface area contributed by atoms with Crippen LogP contribution in [0.4, 0.5) is 0 Å². The van der Waals surface area contributed by atoms with Gasteiger partial charge in [0.05, 0.1) is 0 Å². The summed E-state index contributed by atoms with van der Waals surface area (Å²) in [6.45, 7) is 7.04. The number of unbranched alkanes of at least 4 members (excludes halogenated alkanes) is 2. The van der Waals surface area contributed by atoms with Crippen LogP contribution in [-0.4, -0.2) is 39.5 Å². The Hall–Kier alpha value is -1.41. The Morgan fingerprint density at radius 1 is 1.02 bits per heavy atom. The molecule has 2 N–H and O–H groups in total. The van der Waals surface area contributed by atoms with Crippen LogP contribution >= 0.6 is 0 Å². The van der Waals surface area contributed by atoms with Crippen molar-refractivity contribution in [2.75, 3.05) is 6.54 Å². The first-order chi connectivity index (χ1) is 19.6. The Morgan fingerprint density at radius 2 is 1.77 bits per heavy atom. The molecule has 0 aliphatic heterocycles. The van der Waals surface area contributed by atoms with Crippen molar-refractivity contribution in [3.63, 3.8) is 0 Å². The monoisotopic (exact) mass is 731 g/mol. The van der Waals surface area contributed by atoms with Crippen LogP contribution in [0.2, 0.25) is 0 Å². The van der Waals surface area contributed by atoms with Crippen LogP contribution in [0.1, 0.15) is 125 Å². The van der Waals surface area contributed by atoms with E-state index in [0.717, 1.165) is 12.2 Å². The maximum absolute atomic E-state index is 6.13. The first-order valence-electron chi connectivity index (χ1n) is 16.2. The van der Waals surface area contributed by atoms with Gasteiger partial charge < -0.3 is 0 Å². The molecule has 40 heavy (non-hydrogen) atoms. The molecule has 2 atom stereocenters. The van der Waals surface area contributed by atoms with Gasteiger partial charge in [0.15, 0.2) is 0 Å². The third-order valence-corrected chi connectivity index (χ3v) is 12.1. The van der Waals surface area contributed by atoms with Gasteiger partial charge in [0, 0.05) is 6.54 Å². The molecule has 2 spiro atoms. The fourth-order valence-corrected chi connectivity index (χ4v) is 10.1. The number of nitrogens with one attached hydrogen (secondary N) is 2. The molecule has 5 aliphatic carbocycles. The van der Waals surface area contributed by atoms with Gasteiger partial charge in [-0.1, -0.05) is 19.8 Å². The summed E-state index contributed by atoms with van der Waals surface area (Å²) in [4.78, 5) is 4.23. The van der Waals surface area contributed by atoms with Gasteiger partial charge in [-0.3, -0.25) is 0 Å². The predicted molar refractivity (Wildman–Crippen MR) is 167 cm³/mol. The van der Waals surface area contributed by atoms with Crippen LogP contribution in [-0.2, 0) is 15.5 Å². The average Bonchev–Trinajstić information content (AvgIpc) is 3.69. The predicted octanol–water partition coefficient (Wildman–Crippen LogP) is 8.00. The van der Waals surface area contributed by atoms with Crippen LogP contribution in [0.15, 0.2) is 46.8 Å². The minimum atomic E-state index is 0.441. The standard InChI is InChI=1S/C35H49N3O.Tl/c1-3-4-10-19-37-38-32(24-36-2)27-12-11-25(28-20-34(22-30(27)28)15-6-5-7-16-34)26-13-14-33(39)31-23-35(21-29(26)31)17-8-9-18-35;/h11-14,24,26,29,37-39H,2-10,15-23H2,1H3;/q;+1/p-1/b32-24-;. The van der Waals surface area contributed by atoms with E-state index < -0.39 is 0 Å². The summed E-state index contributed by atoms with van der Waals surface area (Å²) in [6.07, 6.45) is 28.1. The second kappa shape index (κ2) is 12.4. The zero-order valence-corrected chi connectivity index (χ0v) is 29.2. The molecule has 5 aliphatic rings. The summed E-state index contributed by atoms with van der Waals surface area (Å²) in [5, 5.41) is 0. The minimum absolute atomic E-state index is 0.441. The number of allylic oxidation sites excluding steroid dienone is 3. The molecule has 6 rings (SSSR count). The first-order valence-corrected chi connectivity index (χ1v) is 18.0. The molecule has 0 aromatic heterocycles.